The maximum Gasteiger partial charge on any atom is 0.119 e. The summed E-state index contributed by atoms with van der Waals surface area (Å²) in [7, 11) is 0. The molecule has 0 aromatic heterocycles. The molecule has 0 amide bonds. The van der Waals surface area contributed by atoms with Crippen LogP contribution in [0.25, 0.3) is 0 Å². The van der Waals surface area contributed by atoms with E-state index in [9.17, 15) is 0 Å². The zero-order valence-corrected chi connectivity index (χ0v) is 10.9. The SMILES string of the molecule is OCCCCOc1ccc(C2CCNCC2)cc1. The van der Waals surface area contributed by atoms with E-state index in [-0.39, 0.29) is 6.61 Å². The minimum absolute atomic E-state index is 0.248. The molecule has 1 aliphatic heterocycles. The summed E-state index contributed by atoms with van der Waals surface area (Å²) in [5.41, 5.74) is 1.43. The van der Waals surface area contributed by atoms with Crippen molar-refractivity contribution in [2.75, 3.05) is 26.3 Å². The Hall–Kier alpha value is -1.06. The lowest BCUT2D eigenvalue weighted by Crippen LogP contribution is -2.26. The summed E-state index contributed by atoms with van der Waals surface area (Å²) in [6.07, 6.45) is 4.19. The summed E-state index contributed by atoms with van der Waals surface area (Å²) in [6, 6.07) is 8.52. The average molecular weight is 249 g/mol. The van der Waals surface area contributed by atoms with Gasteiger partial charge in [-0.15, -0.1) is 0 Å². The van der Waals surface area contributed by atoms with Gasteiger partial charge in [-0.25, -0.2) is 0 Å². The Balaban J connectivity index is 1.81. The first-order chi connectivity index (χ1) is 8.90. The maximum atomic E-state index is 8.68. The Labute approximate surface area is 109 Å². The molecule has 3 nitrogen and oxygen atoms in total. The van der Waals surface area contributed by atoms with Gasteiger partial charge in [0.1, 0.15) is 5.75 Å². The second kappa shape index (κ2) is 7.39. The van der Waals surface area contributed by atoms with E-state index in [1.54, 1.807) is 0 Å². The molecule has 3 heteroatoms. The number of hydrogen-bond donors (Lipinski definition) is 2. The standard InChI is InChI=1S/C15H23NO2/c17-11-1-2-12-18-15-5-3-13(4-6-15)14-7-9-16-10-8-14/h3-6,14,16-17H,1-2,7-12H2. The number of piperidine rings is 1. The van der Waals surface area contributed by atoms with Gasteiger partial charge in [0.25, 0.3) is 0 Å². The molecule has 1 aliphatic rings. The molecule has 1 aromatic rings. The number of aliphatic hydroxyl groups excluding tert-OH is 1. The van der Waals surface area contributed by atoms with E-state index in [0.717, 1.165) is 31.7 Å². The molecule has 0 spiro atoms. The lowest BCUT2D eigenvalue weighted by Gasteiger charge is -2.23. The number of benzene rings is 1. The Kier molecular flexibility index (Phi) is 5.49. The first-order valence-electron chi connectivity index (χ1n) is 6.94. The number of hydrogen-bond acceptors (Lipinski definition) is 3. The van der Waals surface area contributed by atoms with Crippen LogP contribution in [0.5, 0.6) is 5.75 Å². The summed E-state index contributed by atoms with van der Waals surface area (Å²) >= 11 is 0. The Morgan fingerprint density at radius 3 is 2.50 bits per heavy atom. The van der Waals surface area contributed by atoms with Crippen molar-refractivity contribution in [3.8, 4) is 5.75 Å². The molecule has 0 saturated carbocycles. The van der Waals surface area contributed by atoms with Crippen LogP contribution in [-0.4, -0.2) is 31.4 Å². The molecule has 2 N–H and O–H groups in total. The summed E-state index contributed by atoms with van der Waals surface area (Å²) in [4.78, 5) is 0. The van der Waals surface area contributed by atoms with Gasteiger partial charge in [0, 0.05) is 6.61 Å². The predicted octanol–water partition coefficient (Wildman–Crippen LogP) is 2.30. The first kappa shape index (κ1) is 13.4. The van der Waals surface area contributed by atoms with Crippen molar-refractivity contribution in [1.82, 2.24) is 5.32 Å². The van der Waals surface area contributed by atoms with Crippen LogP contribution in [0.15, 0.2) is 24.3 Å². The van der Waals surface area contributed by atoms with Crippen molar-refractivity contribution in [3.63, 3.8) is 0 Å². The van der Waals surface area contributed by atoms with Crippen molar-refractivity contribution < 1.29 is 9.84 Å². The zero-order chi connectivity index (χ0) is 12.6. The molecular weight excluding hydrogens is 226 g/mol. The highest BCUT2D eigenvalue weighted by molar-refractivity contribution is 5.29. The predicted molar refractivity (Wildman–Crippen MR) is 73.1 cm³/mol. The van der Waals surface area contributed by atoms with E-state index in [4.69, 9.17) is 9.84 Å². The van der Waals surface area contributed by atoms with Crippen molar-refractivity contribution in [3.05, 3.63) is 29.8 Å². The third-order valence-electron chi connectivity index (χ3n) is 3.51. The van der Waals surface area contributed by atoms with Crippen molar-refractivity contribution in [1.29, 1.82) is 0 Å². The van der Waals surface area contributed by atoms with Crippen LogP contribution < -0.4 is 10.1 Å². The molecule has 1 fully saturated rings. The van der Waals surface area contributed by atoms with E-state index in [0.29, 0.717) is 12.5 Å². The third kappa shape index (κ3) is 4.00. The molecule has 18 heavy (non-hydrogen) atoms. The summed E-state index contributed by atoms with van der Waals surface area (Å²) < 4.78 is 5.63. The monoisotopic (exact) mass is 249 g/mol. The third-order valence-corrected chi connectivity index (χ3v) is 3.51. The topological polar surface area (TPSA) is 41.5 Å². The van der Waals surface area contributed by atoms with E-state index in [1.165, 1.54) is 18.4 Å². The summed E-state index contributed by atoms with van der Waals surface area (Å²) in [6.45, 7) is 3.19. The molecule has 0 atom stereocenters. The molecular formula is C15H23NO2. The number of rotatable bonds is 6. The molecule has 0 bridgehead atoms. The fourth-order valence-electron chi connectivity index (χ4n) is 2.40. The van der Waals surface area contributed by atoms with E-state index in [1.807, 2.05) is 0 Å². The molecule has 1 heterocycles. The minimum Gasteiger partial charge on any atom is -0.494 e. The van der Waals surface area contributed by atoms with Crippen LogP contribution in [-0.2, 0) is 0 Å². The van der Waals surface area contributed by atoms with Gasteiger partial charge in [-0.2, -0.15) is 0 Å². The number of unbranched alkanes of at least 4 members (excludes halogenated alkanes) is 1. The minimum atomic E-state index is 0.248. The fraction of sp³-hybridized carbons (Fsp3) is 0.600. The first-order valence-corrected chi connectivity index (χ1v) is 6.94. The lowest BCUT2D eigenvalue weighted by atomic mass is 9.90. The maximum absolute atomic E-state index is 8.68. The van der Waals surface area contributed by atoms with Gasteiger partial charge in [-0.3, -0.25) is 0 Å². The summed E-state index contributed by atoms with van der Waals surface area (Å²) in [5, 5.41) is 12.1. The second-order valence-electron chi connectivity index (χ2n) is 4.87. The fourth-order valence-corrected chi connectivity index (χ4v) is 2.40. The molecule has 0 aliphatic carbocycles. The van der Waals surface area contributed by atoms with Crippen LogP contribution in [0.4, 0.5) is 0 Å². The van der Waals surface area contributed by atoms with Crippen LogP contribution in [0.2, 0.25) is 0 Å². The van der Waals surface area contributed by atoms with Crippen LogP contribution in [0.3, 0.4) is 0 Å². The van der Waals surface area contributed by atoms with Crippen LogP contribution in [0, 0.1) is 0 Å². The quantitative estimate of drug-likeness (QED) is 0.760. The molecule has 2 rings (SSSR count). The van der Waals surface area contributed by atoms with Gasteiger partial charge in [-0.1, -0.05) is 12.1 Å². The molecule has 0 unspecified atom stereocenters. The van der Waals surface area contributed by atoms with Crippen LogP contribution >= 0.6 is 0 Å². The van der Waals surface area contributed by atoms with Gasteiger partial charge in [-0.05, 0) is 62.4 Å². The van der Waals surface area contributed by atoms with Gasteiger partial charge in [0.15, 0.2) is 0 Å². The largest absolute Gasteiger partial charge is 0.494 e. The Bertz CT molecular complexity index is 331. The number of nitrogens with one attached hydrogen (secondary N) is 1. The van der Waals surface area contributed by atoms with Gasteiger partial charge >= 0.3 is 0 Å². The smallest absolute Gasteiger partial charge is 0.119 e. The Morgan fingerprint density at radius 1 is 1.11 bits per heavy atom. The highest BCUT2D eigenvalue weighted by atomic mass is 16.5. The zero-order valence-electron chi connectivity index (χ0n) is 10.9. The molecule has 1 saturated heterocycles. The van der Waals surface area contributed by atoms with Crippen molar-refractivity contribution in [2.45, 2.75) is 31.6 Å². The summed E-state index contributed by atoms with van der Waals surface area (Å²) in [5.74, 6) is 1.64. The van der Waals surface area contributed by atoms with Crippen LogP contribution in [0.1, 0.15) is 37.2 Å². The van der Waals surface area contributed by atoms with Gasteiger partial charge in [0.05, 0.1) is 6.61 Å². The van der Waals surface area contributed by atoms with Gasteiger partial charge in [0.2, 0.25) is 0 Å². The van der Waals surface area contributed by atoms with Gasteiger partial charge < -0.3 is 15.2 Å². The van der Waals surface area contributed by atoms with E-state index < -0.39 is 0 Å². The number of ether oxygens (including phenoxy) is 1. The highest BCUT2D eigenvalue weighted by Gasteiger charge is 2.14. The normalized spacial score (nSPS) is 16.7. The van der Waals surface area contributed by atoms with Crippen molar-refractivity contribution >= 4 is 0 Å². The molecule has 0 radical (unpaired) electrons. The number of aliphatic hydroxyl groups is 1. The average Bonchev–Trinajstić information content (AvgIpc) is 2.45. The molecule has 1 aromatic carbocycles. The Morgan fingerprint density at radius 2 is 1.83 bits per heavy atom. The second-order valence-corrected chi connectivity index (χ2v) is 4.87. The van der Waals surface area contributed by atoms with Crippen molar-refractivity contribution in [2.24, 2.45) is 0 Å². The lowest BCUT2D eigenvalue weighted by molar-refractivity contribution is 0.253. The molecule has 100 valence electrons. The highest BCUT2D eigenvalue weighted by Crippen LogP contribution is 2.26. The van der Waals surface area contributed by atoms with E-state index >= 15 is 0 Å². The van der Waals surface area contributed by atoms with E-state index in [2.05, 4.69) is 29.6 Å².